The molecule has 0 aliphatic heterocycles. The van der Waals surface area contributed by atoms with Crippen molar-refractivity contribution < 1.29 is 0 Å². The summed E-state index contributed by atoms with van der Waals surface area (Å²) in [7, 11) is 0. The molecule has 2 spiro atoms. The smallest absolute Gasteiger partial charge is 0.0242 e. The van der Waals surface area contributed by atoms with Crippen LogP contribution in [-0.2, 0) is 0 Å². The van der Waals surface area contributed by atoms with Crippen LogP contribution in [0, 0.1) is 52.8 Å². The Morgan fingerprint density at radius 2 is 2.00 bits per heavy atom. The van der Waals surface area contributed by atoms with E-state index in [1.165, 1.54) is 51.4 Å². The Labute approximate surface area is 124 Å². The molecule has 0 aromatic carbocycles. The van der Waals surface area contributed by atoms with Crippen LogP contribution in [0.4, 0.5) is 0 Å². The monoisotopic (exact) mass is 268 g/mol. The third-order valence-electron chi connectivity index (χ3n) is 7.53. The van der Waals surface area contributed by atoms with Crippen molar-refractivity contribution in [3.05, 3.63) is 12.7 Å². The molecular formula is C20H28. The maximum absolute atomic E-state index is 5.97. The molecule has 0 amide bonds. The van der Waals surface area contributed by atoms with Crippen molar-refractivity contribution >= 4 is 0 Å². The summed E-state index contributed by atoms with van der Waals surface area (Å²) in [5.74, 6) is 7.06. The molecule has 0 heterocycles. The maximum Gasteiger partial charge on any atom is 0.0242 e. The number of hydrogen-bond acceptors (Lipinski definition) is 0. The third-order valence-corrected chi connectivity index (χ3v) is 7.53. The molecule has 0 N–H and O–H groups in total. The highest BCUT2D eigenvalue weighted by molar-refractivity contribution is 5.19. The second-order valence-electron chi connectivity index (χ2n) is 8.58. The van der Waals surface area contributed by atoms with Gasteiger partial charge in [0.15, 0.2) is 0 Å². The van der Waals surface area contributed by atoms with Gasteiger partial charge in [-0.15, -0.1) is 18.9 Å². The van der Waals surface area contributed by atoms with Crippen molar-refractivity contribution in [1.29, 1.82) is 0 Å². The van der Waals surface area contributed by atoms with Crippen molar-refractivity contribution in [2.45, 2.75) is 58.3 Å². The lowest BCUT2D eigenvalue weighted by atomic mass is 9.61. The van der Waals surface area contributed by atoms with E-state index in [-0.39, 0.29) is 0 Å². The SMILES string of the molecule is C#C[C@H]1C[C@@H](C=C)CC2CCC3(CC3)CC3(CC3C)C21. The first-order chi connectivity index (χ1) is 9.62. The molecule has 4 aliphatic rings. The van der Waals surface area contributed by atoms with Crippen LogP contribution in [0.1, 0.15) is 58.3 Å². The van der Waals surface area contributed by atoms with E-state index in [4.69, 9.17) is 6.42 Å². The molecule has 4 aliphatic carbocycles. The van der Waals surface area contributed by atoms with Crippen molar-refractivity contribution in [2.24, 2.45) is 40.4 Å². The Balaban J connectivity index is 1.69. The Kier molecular flexibility index (Phi) is 2.70. The Hall–Kier alpha value is -0.700. The molecule has 0 aromatic heterocycles. The van der Waals surface area contributed by atoms with Gasteiger partial charge in [0.1, 0.15) is 0 Å². The summed E-state index contributed by atoms with van der Waals surface area (Å²) >= 11 is 0. The molecule has 0 saturated heterocycles. The van der Waals surface area contributed by atoms with Crippen LogP contribution < -0.4 is 0 Å². The number of allylic oxidation sites excluding steroid dienone is 1. The fourth-order valence-electron chi connectivity index (χ4n) is 6.19. The highest BCUT2D eigenvalue weighted by atomic mass is 14.7. The zero-order valence-corrected chi connectivity index (χ0v) is 12.9. The van der Waals surface area contributed by atoms with Gasteiger partial charge in [0, 0.05) is 5.92 Å². The van der Waals surface area contributed by atoms with Gasteiger partial charge < -0.3 is 0 Å². The van der Waals surface area contributed by atoms with E-state index in [2.05, 4.69) is 25.5 Å². The van der Waals surface area contributed by atoms with E-state index < -0.39 is 0 Å². The zero-order valence-electron chi connectivity index (χ0n) is 12.9. The fourth-order valence-corrected chi connectivity index (χ4v) is 6.19. The first kappa shape index (κ1) is 13.0. The summed E-state index contributed by atoms with van der Waals surface area (Å²) in [6.45, 7) is 6.55. The van der Waals surface area contributed by atoms with Gasteiger partial charge in [-0.25, -0.2) is 0 Å². The number of fused-ring (bicyclic) bond motifs is 2. The Morgan fingerprint density at radius 3 is 2.55 bits per heavy atom. The van der Waals surface area contributed by atoms with Crippen LogP contribution in [0.2, 0.25) is 0 Å². The lowest BCUT2D eigenvalue weighted by Gasteiger charge is -2.43. The summed E-state index contributed by atoms with van der Waals surface area (Å²) < 4.78 is 0. The van der Waals surface area contributed by atoms with Crippen LogP contribution >= 0.6 is 0 Å². The van der Waals surface area contributed by atoms with E-state index in [1.807, 2.05) is 0 Å². The second-order valence-corrected chi connectivity index (χ2v) is 8.58. The molecule has 0 bridgehead atoms. The van der Waals surface area contributed by atoms with Crippen molar-refractivity contribution in [3.8, 4) is 12.3 Å². The van der Waals surface area contributed by atoms with Gasteiger partial charge in [0.25, 0.3) is 0 Å². The van der Waals surface area contributed by atoms with E-state index in [9.17, 15) is 0 Å². The van der Waals surface area contributed by atoms with E-state index >= 15 is 0 Å². The van der Waals surface area contributed by atoms with E-state index in [0.717, 1.165) is 23.2 Å². The van der Waals surface area contributed by atoms with Crippen molar-refractivity contribution in [3.63, 3.8) is 0 Å². The minimum absolute atomic E-state index is 0.524. The van der Waals surface area contributed by atoms with Gasteiger partial charge in [-0.1, -0.05) is 13.0 Å². The van der Waals surface area contributed by atoms with E-state index in [0.29, 0.717) is 17.3 Å². The quantitative estimate of drug-likeness (QED) is 0.461. The van der Waals surface area contributed by atoms with Crippen molar-refractivity contribution in [2.75, 3.05) is 0 Å². The molecule has 4 unspecified atom stereocenters. The average molecular weight is 268 g/mol. The lowest BCUT2D eigenvalue weighted by Crippen LogP contribution is -2.37. The van der Waals surface area contributed by atoms with Crippen LogP contribution in [0.5, 0.6) is 0 Å². The first-order valence-electron chi connectivity index (χ1n) is 8.71. The molecule has 4 fully saturated rings. The number of hydrogen-bond donors (Lipinski definition) is 0. The molecule has 6 atom stereocenters. The Bertz CT molecular complexity index is 463. The largest absolute Gasteiger partial charge is 0.120 e. The van der Waals surface area contributed by atoms with Gasteiger partial charge in [-0.2, -0.15) is 0 Å². The molecule has 0 aromatic rings. The minimum atomic E-state index is 0.524. The average Bonchev–Trinajstić information content (AvgIpc) is 3.36. The molecular weight excluding hydrogens is 240 g/mol. The summed E-state index contributed by atoms with van der Waals surface area (Å²) in [5.41, 5.74) is 1.39. The molecule has 4 saturated carbocycles. The standard InChI is InChI=1S/C20H28/c1-4-15-10-16(5-2)18-17(11-15)6-7-19(8-9-19)13-20(18)12-14(20)3/h2,4,14-18H,1,6-13H2,3H3/t14?,15-,16+,17?,18?,20?/m1/s1. The fraction of sp³-hybridized carbons (Fsp3) is 0.800. The summed E-state index contributed by atoms with van der Waals surface area (Å²) in [5, 5.41) is 0. The molecule has 4 rings (SSSR count). The summed E-state index contributed by atoms with van der Waals surface area (Å²) in [6.07, 6.45) is 19.7. The highest BCUT2D eigenvalue weighted by Gasteiger charge is 2.66. The van der Waals surface area contributed by atoms with Gasteiger partial charge in [0.2, 0.25) is 0 Å². The van der Waals surface area contributed by atoms with Crippen LogP contribution in [0.3, 0.4) is 0 Å². The second kappa shape index (κ2) is 4.16. The molecule has 0 nitrogen and oxygen atoms in total. The van der Waals surface area contributed by atoms with Crippen molar-refractivity contribution in [1.82, 2.24) is 0 Å². The van der Waals surface area contributed by atoms with Gasteiger partial charge in [0.05, 0.1) is 0 Å². The summed E-state index contributed by atoms with van der Waals surface area (Å²) in [6, 6.07) is 0. The van der Waals surface area contributed by atoms with Crippen LogP contribution in [0.15, 0.2) is 12.7 Å². The van der Waals surface area contributed by atoms with E-state index in [1.54, 1.807) is 0 Å². The summed E-state index contributed by atoms with van der Waals surface area (Å²) in [4.78, 5) is 0. The number of terminal acetylenes is 1. The van der Waals surface area contributed by atoms with Gasteiger partial charge >= 0.3 is 0 Å². The molecule has 108 valence electrons. The molecule has 20 heavy (non-hydrogen) atoms. The van der Waals surface area contributed by atoms with Crippen LogP contribution in [-0.4, -0.2) is 0 Å². The Morgan fingerprint density at radius 1 is 1.25 bits per heavy atom. The predicted octanol–water partition coefficient (Wildman–Crippen LogP) is 5.05. The zero-order chi connectivity index (χ0) is 14.0. The normalized spacial score (nSPS) is 51.9. The molecule has 0 heteroatoms. The third kappa shape index (κ3) is 1.75. The maximum atomic E-state index is 5.97. The topological polar surface area (TPSA) is 0 Å². The predicted molar refractivity (Wildman–Crippen MR) is 84.0 cm³/mol. The number of rotatable bonds is 1. The first-order valence-corrected chi connectivity index (χ1v) is 8.71. The van der Waals surface area contributed by atoms with Gasteiger partial charge in [-0.05, 0) is 85.9 Å². The van der Waals surface area contributed by atoms with Gasteiger partial charge in [-0.3, -0.25) is 0 Å². The van der Waals surface area contributed by atoms with Crippen LogP contribution in [0.25, 0.3) is 0 Å². The highest BCUT2D eigenvalue weighted by Crippen LogP contribution is 2.74. The molecule has 0 radical (unpaired) electrons. The minimum Gasteiger partial charge on any atom is -0.120 e. The lowest BCUT2D eigenvalue weighted by molar-refractivity contribution is 0.0770.